The van der Waals surface area contributed by atoms with Gasteiger partial charge < -0.3 is 15.0 Å². The first kappa shape index (κ1) is 13.1. The lowest BCUT2D eigenvalue weighted by Gasteiger charge is -2.10. The largest absolute Gasteiger partial charge is 0.492 e. The molecule has 2 aromatic rings. The van der Waals surface area contributed by atoms with Gasteiger partial charge in [0.05, 0.1) is 23.9 Å². The average molecular weight is 287 g/mol. The quantitative estimate of drug-likeness (QED) is 0.818. The van der Waals surface area contributed by atoms with E-state index in [0.29, 0.717) is 0 Å². The molecule has 7 nitrogen and oxygen atoms in total. The Hall–Kier alpha value is -2.29. The van der Waals surface area contributed by atoms with Crippen molar-refractivity contribution in [3.63, 3.8) is 0 Å². The number of nitrogens with two attached hydrogens (primary N) is 1. The van der Waals surface area contributed by atoms with Crippen LogP contribution in [0.4, 0.5) is 15.8 Å². The van der Waals surface area contributed by atoms with Crippen LogP contribution in [0.5, 0.6) is 5.75 Å². The molecule has 0 fully saturated rings. The van der Waals surface area contributed by atoms with E-state index in [-0.39, 0.29) is 22.0 Å². The Morgan fingerprint density at radius 1 is 1.47 bits per heavy atom. The van der Waals surface area contributed by atoms with Gasteiger partial charge in [-0.25, -0.2) is 12.8 Å². The highest BCUT2D eigenvalue weighted by molar-refractivity contribution is 7.92. The Balaban J connectivity index is 2.41. The summed E-state index contributed by atoms with van der Waals surface area (Å²) < 4.78 is 48.9. The number of nitrogens with zero attached hydrogens (tertiary/aromatic N) is 1. The minimum Gasteiger partial charge on any atom is -0.492 e. The van der Waals surface area contributed by atoms with E-state index in [0.717, 1.165) is 18.4 Å². The highest BCUT2D eigenvalue weighted by Crippen LogP contribution is 2.29. The molecule has 0 spiro atoms. The molecule has 1 aromatic carbocycles. The van der Waals surface area contributed by atoms with E-state index in [1.165, 1.54) is 13.3 Å². The average Bonchev–Trinajstić information content (AvgIpc) is 2.80. The normalized spacial score (nSPS) is 11.3. The first-order chi connectivity index (χ1) is 8.94. The Labute approximate surface area is 108 Å². The Morgan fingerprint density at radius 2 is 2.21 bits per heavy atom. The van der Waals surface area contributed by atoms with Gasteiger partial charge in [-0.3, -0.25) is 4.72 Å². The molecule has 9 heteroatoms. The van der Waals surface area contributed by atoms with Crippen molar-refractivity contribution in [3.05, 3.63) is 30.4 Å². The third kappa shape index (κ3) is 2.60. The van der Waals surface area contributed by atoms with Crippen molar-refractivity contribution < 1.29 is 22.1 Å². The van der Waals surface area contributed by atoms with Crippen molar-refractivity contribution in [2.24, 2.45) is 0 Å². The standard InChI is InChI=1S/C10H10FN3O4S/c1-17-10-8(11)2-7(3-9(10)12)19(15,16)14-6-4-13-18-5-6/h2-5,14H,12H2,1H3. The zero-order valence-corrected chi connectivity index (χ0v) is 10.6. The monoisotopic (exact) mass is 287 g/mol. The van der Waals surface area contributed by atoms with E-state index < -0.39 is 15.8 Å². The van der Waals surface area contributed by atoms with Gasteiger partial charge in [0.1, 0.15) is 12.0 Å². The molecule has 0 saturated heterocycles. The van der Waals surface area contributed by atoms with Gasteiger partial charge in [-0.1, -0.05) is 5.16 Å². The third-order valence-electron chi connectivity index (χ3n) is 2.24. The third-order valence-corrected chi connectivity index (χ3v) is 3.61. The summed E-state index contributed by atoms with van der Waals surface area (Å²) in [6.07, 6.45) is 2.27. The number of anilines is 2. The summed E-state index contributed by atoms with van der Waals surface area (Å²) in [6, 6.07) is 1.91. The van der Waals surface area contributed by atoms with E-state index >= 15 is 0 Å². The molecule has 0 saturated carbocycles. The number of halogens is 1. The lowest BCUT2D eigenvalue weighted by atomic mass is 10.3. The van der Waals surface area contributed by atoms with Crippen LogP contribution < -0.4 is 15.2 Å². The number of ether oxygens (including phenoxy) is 1. The van der Waals surface area contributed by atoms with Gasteiger partial charge in [-0.2, -0.15) is 0 Å². The summed E-state index contributed by atoms with van der Waals surface area (Å²) in [4.78, 5) is -0.329. The highest BCUT2D eigenvalue weighted by Gasteiger charge is 2.19. The smallest absolute Gasteiger partial charge is 0.262 e. The number of hydrogen-bond donors (Lipinski definition) is 2. The first-order valence-corrected chi connectivity index (χ1v) is 6.47. The van der Waals surface area contributed by atoms with Crippen LogP contribution in [-0.2, 0) is 10.0 Å². The van der Waals surface area contributed by atoms with Crippen LogP contribution in [0.2, 0.25) is 0 Å². The minimum absolute atomic E-state index is 0.117. The molecular weight excluding hydrogens is 277 g/mol. The molecule has 0 atom stereocenters. The second-order valence-corrected chi connectivity index (χ2v) is 5.23. The summed E-state index contributed by atoms with van der Waals surface area (Å²) >= 11 is 0. The molecule has 19 heavy (non-hydrogen) atoms. The highest BCUT2D eigenvalue weighted by atomic mass is 32.2. The summed E-state index contributed by atoms with van der Waals surface area (Å²) in [5.74, 6) is -1.07. The molecule has 2 rings (SSSR count). The van der Waals surface area contributed by atoms with Crippen LogP contribution in [0.1, 0.15) is 0 Å². The summed E-state index contributed by atoms with van der Waals surface area (Å²) in [5, 5.41) is 3.34. The fourth-order valence-corrected chi connectivity index (χ4v) is 2.50. The molecule has 1 aromatic heterocycles. The van der Waals surface area contributed by atoms with E-state index in [1.807, 2.05) is 0 Å². The molecule has 0 bridgehead atoms. The fraction of sp³-hybridized carbons (Fsp3) is 0.100. The predicted octanol–water partition coefficient (Wildman–Crippen LogP) is 1.21. The number of nitrogen functional groups attached to an aromatic ring is 1. The van der Waals surface area contributed by atoms with Gasteiger partial charge in [0.15, 0.2) is 11.6 Å². The van der Waals surface area contributed by atoms with Crippen molar-refractivity contribution in [2.75, 3.05) is 17.6 Å². The molecular formula is C10H10FN3O4S. The molecule has 102 valence electrons. The summed E-state index contributed by atoms with van der Waals surface area (Å²) in [5.41, 5.74) is 5.52. The first-order valence-electron chi connectivity index (χ1n) is 4.99. The van der Waals surface area contributed by atoms with Crippen LogP contribution in [0.15, 0.2) is 34.0 Å². The second-order valence-electron chi connectivity index (χ2n) is 3.55. The van der Waals surface area contributed by atoms with Crippen molar-refractivity contribution in [3.8, 4) is 5.75 Å². The maximum atomic E-state index is 13.6. The number of sulfonamides is 1. The van der Waals surface area contributed by atoms with Gasteiger partial charge >= 0.3 is 0 Å². The number of nitrogens with one attached hydrogen (secondary N) is 1. The molecule has 0 aliphatic carbocycles. The predicted molar refractivity (Wildman–Crippen MR) is 64.7 cm³/mol. The topological polar surface area (TPSA) is 107 Å². The summed E-state index contributed by atoms with van der Waals surface area (Å²) in [6.45, 7) is 0. The molecule has 0 aliphatic heterocycles. The van der Waals surface area contributed by atoms with E-state index in [9.17, 15) is 12.8 Å². The second kappa shape index (κ2) is 4.76. The van der Waals surface area contributed by atoms with Crippen molar-refractivity contribution in [2.45, 2.75) is 4.90 Å². The number of rotatable bonds is 4. The van der Waals surface area contributed by atoms with Gasteiger partial charge in [-0.15, -0.1) is 0 Å². The zero-order valence-electron chi connectivity index (χ0n) is 9.75. The van der Waals surface area contributed by atoms with Crippen LogP contribution in [-0.4, -0.2) is 20.7 Å². The van der Waals surface area contributed by atoms with Crippen LogP contribution in [0.3, 0.4) is 0 Å². The van der Waals surface area contributed by atoms with Crippen LogP contribution >= 0.6 is 0 Å². The summed E-state index contributed by atoms with van der Waals surface area (Å²) in [7, 11) is -2.74. The lowest BCUT2D eigenvalue weighted by Crippen LogP contribution is -2.13. The molecule has 0 aliphatic rings. The molecule has 0 amide bonds. The van der Waals surface area contributed by atoms with Crippen molar-refractivity contribution in [1.29, 1.82) is 0 Å². The number of benzene rings is 1. The van der Waals surface area contributed by atoms with E-state index in [2.05, 4.69) is 14.4 Å². The maximum absolute atomic E-state index is 13.6. The van der Waals surface area contributed by atoms with Gasteiger partial charge in [0.2, 0.25) is 0 Å². The molecule has 0 radical (unpaired) electrons. The molecule has 1 heterocycles. The molecule has 0 unspecified atom stereocenters. The lowest BCUT2D eigenvalue weighted by molar-refractivity contribution is 0.388. The zero-order chi connectivity index (χ0) is 14.0. The van der Waals surface area contributed by atoms with Crippen molar-refractivity contribution in [1.82, 2.24) is 5.16 Å². The Morgan fingerprint density at radius 3 is 2.74 bits per heavy atom. The van der Waals surface area contributed by atoms with Crippen LogP contribution in [0, 0.1) is 5.82 Å². The number of hydrogen-bond acceptors (Lipinski definition) is 6. The Bertz CT molecular complexity index is 662. The fourth-order valence-electron chi connectivity index (χ4n) is 1.43. The van der Waals surface area contributed by atoms with E-state index in [4.69, 9.17) is 10.5 Å². The van der Waals surface area contributed by atoms with E-state index in [1.54, 1.807) is 0 Å². The SMILES string of the molecule is COc1c(N)cc(S(=O)(=O)Nc2cnoc2)cc1F. The Kier molecular flexibility index (Phi) is 3.30. The van der Waals surface area contributed by atoms with Gasteiger partial charge in [0.25, 0.3) is 10.0 Å². The van der Waals surface area contributed by atoms with Crippen molar-refractivity contribution >= 4 is 21.4 Å². The number of methoxy groups -OCH3 is 1. The minimum atomic E-state index is -3.98. The molecule has 3 N–H and O–H groups in total. The van der Waals surface area contributed by atoms with Gasteiger partial charge in [-0.05, 0) is 12.1 Å². The number of aromatic nitrogens is 1. The van der Waals surface area contributed by atoms with Crippen LogP contribution in [0.25, 0.3) is 0 Å². The maximum Gasteiger partial charge on any atom is 0.262 e. The van der Waals surface area contributed by atoms with Gasteiger partial charge in [0, 0.05) is 0 Å².